The highest BCUT2D eigenvalue weighted by Gasteiger charge is 2.60. The normalized spacial score (nSPS) is 17.6. The maximum absolute atomic E-state index is 12.8. The van der Waals surface area contributed by atoms with Gasteiger partial charge < -0.3 is 5.11 Å². The predicted octanol–water partition coefficient (Wildman–Crippen LogP) is 3.85. The number of phenols is 1. The summed E-state index contributed by atoms with van der Waals surface area (Å²) in [5.41, 5.74) is 5.38. The molecule has 0 spiro atoms. The molecule has 0 aromatic heterocycles. The number of hydrazone groups is 1. The Balaban J connectivity index is 1.54. The SMILES string of the molecule is O=C(N/N=C/c1cccc(O)c1)C1CC1(c1ccccc1)c1ccccc1. The zero-order valence-electron chi connectivity index (χ0n) is 14.7. The number of nitrogens with zero attached hydrogens (tertiary/aromatic N) is 1. The minimum atomic E-state index is -0.298. The van der Waals surface area contributed by atoms with Crippen LogP contribution in [0.3, 0.4) is 0 Å². The number of rotatable bonds is 5. The molecule has 0 aliphatic heterocycles. The lowest BCUT2D eigenvalue weighted by Crippen LogP contribution is -2.25. The van der Waals surface area contributed by atoms with Gasteiger partial charge in [0.25, 0.3) is 0 Å². The quantitative estimate of drug-likeness (QED) is 0.539. The summed E-state index contributed by atoms with van der Waals surface area (Å²) in [5, 5.41) is 13.6. The third kappa shape index (κ3) is 3.34. The Morgan fingerprint density at radius 1 is 0.963 bits per heavy atom. The van der Waals surface area contributed by atoms with E-state index in [-0.39, 0.29) is 23.0 Å². The van der Waals surface area contributed by atoms with Gasteiger partial charge in [-0.25, -0.2) is 5.43 Å². The van der Waals surface area contributed by atoms with Gasteiger partial charge in [-0.05, 0) is 35.2 Å². The van der Waals surface area contributed by atoms with E-state index in [9.17, 15) is 9.90 Å². The highest BCUT2D eigenvalue weighted by atomic mass is 16.3. The fourth-order valence-corrected chi connectivity index (χ4v) is 3.71. The van der Waals surface area contributed by atoms with E-state index in [1.54, 1.807) is 18.2 Å². The van der Waals surface area contributed by atoms with E-state index < -0.39 is 0 Å². The molecule has 2 N–H and O–H groups in total. The van der Waals surface area contributed by atoms with Gasteiger partial charge in [0.05, 0.1) is 12.1 Å². The first-order valence-corrected chi connectivity index (χ1v) is 8.93. The summed E-state index contributed by atoms with van der Waals surface area (Å²) in [6.07, 6.45) is 2.29. The van der Waals surface area contributed by atoms with Crippen LogP contribution in [0.25, 0.3) is 0 Å². The average Bonchev–Trinajstić information content (AvgIpc) is 3.47. The third-order valence-electron chi connectivity index (χ3n) is 5.11. The molecule has 0 heterocycles. The van der Waals surface area contributed by atoms with Gasteiger partial charge in [-0.15, -0.1) is 0 Å². The van der Waals surface area contributed by atoms with E-state index in [0.29, 0.717) is 0 Å². The molecule has 134 valence electrons. The molecule has 3 aromatic rings. The Morgan fingerprint density at radius 2 is 1.59 bits per heavy atom. The molecule has 1 fully saturated rings. The summed E-state index contributed by atoms with van der Waals surface area (Å²) in [5.74, 6) is -0.0950. The molecule has 0 radical (unpaired) electrons. The molecule has 1 saturated carbocycles. The van der Waals surface area contributed by atoms with Crippen molar-refractivity contribution in [2.75, 3.05) is 0 Å². The fourth-order valence-electron chi connectivity index (χ4n) is 3.71. The van der Waals surface area contributed by atoms with Crippen LogP contribution in [0.4, 0.5) is 0 Å². The van der Waals surface area contributed by atoms with Crippen molar-refractivity contribution >= 4 is 12.1 Å². The maximum Gasteiger partial charge on any atom is 0.244 e. The van der Waals surface area contributed by atoms with Crippen molar-refractivity contribution in [2.24, 2.45) is 11.0 Å². The second-order valence-corrected chi connectivity index (χ2v) is 6.79. The van der Waals surface area contributed by atoms with Gasteiger partial charge in [-0.3, -0.25) is 4.79 Å². The number of hydrogen-bond acceptors (Lipinski definition) is 3. The molecule has 1 amide bonds. The summed E-state index contributed by atoms with van der Waals surface area (Å²) >= 11 is 0. The number of carbonyl (C=O) groups excluding carboxylic acids is 1. The third-order valence-corrected chi connectivity index (χ3v) is 5.11. The molecule has 1 unspecified atom stereocenters. The molecule has 1 atom stereocenters. The van der Waals surface area contributed by atoms with E-state index in [1.807, 2.05) is 42.5 Å². The Morgan fingerprint density at radius 3 is 2.19 bits per heavy atom. The minimum absolute atomic E-state index is 0.0980. The standard InChI is InChI=1S/C23H20N2O2/c26-20-13-7-8-17(14-20)16-24-25-22(27)21-15-23(21,18-9-3-1-4-10-18)19-11-5-2-6-12-19/h1-14,16,21,26H,15H2,(H,25,27)/b24-16+. The molecule has 0 saturated heterocycles. The van der Waals surface area contributed by atoms with Crippen molar-refractivity contribution in [3.8, 4) is 5.75 Å². The van der Waals surface area contributed by atoms with E-state index in [0.717, 1.165) is 23.1 Å². The zero-order valence-corrected chi connectivity index (χ0v) is 14.7. The molecule has 27 heavy (non-hydrogen) atoms. The van der Waals surface area contributed by atoms with Crippen LogP contribution in [-0.2, 0) is 10.2 Å². The van der Waals surface area contributed by atoms with E-state index in [1.165, 1.54) is 6.21 Å². The molecule has 4 rings (SSSR count). The second kappa shape index (κ2) is 7.08. The van der Waals surface area contributed by atoms with Crippen LogP contribution in [0.1, 0.15) is 23.1 Å². The first kappa shape index (κ1) is 17.0. The Labute approximate surface area is 158 Å². The van der Waals surface area contributed by atoms with E-state index in [4.69, 9.17) is 0 Å². The van der Waals surface area contributed by atoms with Crippen LogP contribution < -0.4 is 5.43 Å². The van der Waals surface area contributed by atoms with Gasteiger partial charge >= 0.3 is 0 Å². The topological polar surface area (TPSA) is 61.7 Å². The Bertz CT molecular complexity index is 928. The van der Waals surface area contributed by atoms with Crippen molar-refractivity contribution in [1.29, 1.82) is 0 Å². The number of benzene rings is 3. The van der Waals surface area contributed by atoms with E-state index >= 15 is 0 Å². The molecule has 1 aliphatic rings. The van der Waals surface area contributed by atoms with Crippen molar-refractivity contribution in [3.63, 3.8) is 0 Å². The van der Waals surface area contributed by atoms with Gasteiger partial charge in [0.15, 0.2) is 0 Å². The van der Waals surface area contributed by atoms with Crippen LogP contribution in [0, 0.1) is 5.92 Å². The van der Waals surface area contributed by atoms with Crippen molar-refractivity contribution in [2.45, 2.75) is 11.8 Å². The number of aromatic hydroxyl groups is 1. The number of nitrogens with one attached hydrogen (secondary N) is 1. The van der Waals surface area contributed by atoms with Gasteiger partial charge in [0.2, 0.25) is 5.91 Å². The highest BCUT2D eigenvalue weighted by molar-refractivity contribution is 5.87. The molecule has 0 bridgehead atoms. The summed E-state index contributed by atoms with van der Waals surface area (Å²) in [4.78, 5) is 12.8. The number of carbonyl (C=O) groups is 1. The molecule has 4 heteroatoms. The molecule has 1 aliphatic carbocycles. The molecule has 3 aromatic carbocycles. The molecular formula is C23H20N2O2. The predicted molar refractivity (Wildman–Crippen MR) is 106 cm³/mol. The van der Waals surface area contributed by atoms with Gasteiger partial charge in [0, 0.05) is 5.41 Å². The molecular weight excluding hydrogens is 336 g/mol. The summed E-state index contributed by atoms with van der Waals surface area (Å²) in [6, 6.07) is 27.0. The Kier molecular flexibility index (Phi) is 4.47. The van der Waals surface area contributed by atoms with Gasteiger partial charge in [0.1, 0.15) is 5.75 Å². The first-order chi connectivity index (χ1) is 13.2. The minimum Gasteiger partial charge on any atom is -0.508 e. The lowest BCUT2D eigenvalue weighted by Gasteiger charge is -2.18. The number of amides is 1. The fraction of sp³-hybridized carbons (Fsp3) is 0.130. The molecule has 4 nitrogen and oxygen atoms in total. The largest absolute Gasteiger partial charge is 0.508 e. The van der Waals surface area contributed by atoms with Gasteiger partial charge in [-0.2, -0.15) is 5.10 Å². The Hall–Kier alpha value is -3.40. The van der Waals surface area contributed by atoms with Crippen molar-refractivity contribution in [3.05, 3.63) is 102 Å². The summed E-state index contributed by atoms with van der Waals surface area (Å²) in [7, 11) is 0. The lowest BCUT2D eigenvalue weighted by molar-refractivity contribution is -0.122. The van der Waals surface area contributed by atoms with Crippen LogP contribution in [-0.4, -0.2) is 17.2 Å². The van der Waals surface area contributed by atoms with Crippen LogP contribution in [0.5, 0.6) is 5.75 Å². The summed E-state index contributed by atoms with van der Waals surface area (Å²) in [6.45, 7) is 0. The second-order valence-electron chi connectivity index (χ2n) is 6.79. The first-order valence-electron chi connectivity index (χ1n) is 8.93. The van der Waals surface area contributed by atoms with Crippen LogP contribution in [0.15, 0.2) is 90.0 Å². The van der Waals surface area contributed by atoms with Crippen LogP contribution >= 0.6 is 0 Å². The summed E-state index contributed by atoms with van der Waals surface area (Å²) < 4.78 is 0. The highest BCUT2D eigenvalue weighted by Crippen LogP contribution is 2.58. The average molecular weight is 356 g/mol. The van der Waals surface area contributed by atoms with Gasteiger partial charge in [-0.1, -0.05) is 72.8 Å². The lowest BCUT2D eigenvalue weighted by atomic mass is 9.85. The number of phenolic OH excluding ortho intramolecular Hbond substituents is 1. The smallest absolute Gasteiger partial charge is 0.244 e. The number of hydrogen-bond donors (Lipinski definition) is 2. The van der Waals surface area contributed by atoms with Crippen molar-refractivity contribution in [1.82, 2.24) is 5.43 Å². The maximum atomic E-state index is 12.8. The van der Waals surface area contributed by atoms with Crippen LogP contribution in [0.2, 0.25) is 0 Å². The van der Waals surface area contributed by atoms with Crippen molar-refractivity contribution < 1.29 is 9.90 Å². The van der Waals surface area contributed by atoms with E-state index in [2.05, 4.69) is 34.8 Å². The zero-order chi connectivity index (χ0) is 18.7. The monoisotopic (exact) mass is 356 g/mol.